The lowest BCUT2D eigenvalue weighted by Crippen LogP contribution is -1.90. The molecule has 3 nitrogen and oxygen atoms in total. The first-order valence-electron chi connectivity index (χ1n) is 5.17. The van der Waals surface area contributed by atoms with Crippen molar-refractivity contribution in [3.8, 4) is 0 Å². The van der Waals surface area contributed by atoms with Gasteiger partial charge >= 0.3 is 0 Å². The molecule has 2 aromatic rings. The Kier molecular flexibility index (Phi) is 3.38. The molecule has 16 heavy (non-hydrogen) atoms. The molecule has 0 bridgehead atoms. The van der Waals surface area contributed by atoms with Crippen LogP contribution in [0.5, 0.6) is 0 Å². The maximum absolute atomic E-state index is 4.30. The minimum absolute atomic E-state index is 0.594. The number of aryl methyl sites for hydroxylation is 1. The van der Waals surface area contributed by atoms with E-state index in [0.29, 0.717) is 6.54 Å². The molecule has 0 atom stereocenters. The lowest BCUT2D eigenvalue weighted by molar-refractivity contribution is 0.994. The number of hydrogen-bond donors (Lipinski definition) is 0. The van der Waals surface area contributed by atoms with Crippen molar-refractivity contribution in [2.45, 2.75) is 13.5 Å². The van der Waals surface area contributed by atoms with E-state index in [4.69, 9.17) is 0 Å². The molecule has 2 rings (SSSR count). The molecule has 0 N–H and O–H groups in total. The van der Waals surface area contributed by atoms with Crippen LogP contribution in [-0.2, 0) is 6.54 Å². The van der Waals surface area contributed by atoms with Crippen molar-refractivity contribution in [3.05, 3.63) is 59.7 Å². The number of hydrogen-bond acceptors (Lipinski definition) is 3. The average molecular weight is 211 g/mol. The van der Waals surface area contributed by atoms with E-state index in [0.717, 1.165) is 11.4 Å². The topological polar surface area (TPSA) is 38.1 Å². The van der Waals surface area contributed by atoms with Crippen molar-refractivity contribution >= 4 is 6.21 Å². The Morgan fingerprint density at radius 2 is 2.12 bits per heavy atom. The Morgan fingerprint density at radius 3 is 2.88 bits per heavy atom. The van der Waals surface area contributed by atoms with Crippen LogP contribution in [0.3, 0.4) is 0 Å². The van der Waals surface area contributed by atoms with Gasteiger partial charge in [0.25, 0.3) is 0 Å². The van der Waals surface area contributed by atoms with E-state index in [1.54, 1.807) is 18.6 Å². The molecule has 80 valence electrons. The summed E-state index contributed by atoms with van der Waals surface area (Å²) in [5.41, 5.74) is 3.04. The molecule has 0 saturated carbocycles. The third kappa shape index (κ3) is 2.98. The van der Waals surface area contributed by atoms with Crippen molar-refractivity contribution in [3.63, 3.8) is 0 Å². The van der Waals surface area contributed by atoms with E-state index in [-0.39, 0.29) is 0 Å². The van der Waals surface area contributed by atoms with E-state index in [1.807, 2.05) is 37.3 Å². The fourth-order valence-electron chi connectivity index (χ4n) is 1.35. The highest BCUT2D eigenvalue weighted by molar-refractivity contribution is 5.76. The van der Waals surface area contributed by atoms with Gasteiger partial charge in [-0.3, -0.25) is 15.0 Å². The maximum atomic E-state index is 4.30. The smallest absolute Gasteiger partial charge is 0.0812 e. The molecular formula is C13H13N3. The molecule has 0 aliphatic heterocycles. The van der Waals surface area contributed by atoms with Crippen LogP contribution in [0.15, 0.2) is 47.7 Å². The fraction of sp³-hybridized carbons (Fsp3) is 0.154. The highest BCUT2D eigenvalue weighted by Gasteiger charge is 1.91. The van der Waals surface area contributed by atoms with Crippen LogP contribution in [0.1, 0.15) is 17.0 Å². The van der Waals surface area contributed by atoms with Crippen LogP contribution in [0.4, 0.5) is 0 Å². The summed E-state index contributed by atoms with van der Waals surface area (Å²) in [6, 6.07) is 9.79. The Morgan fingerprint density at radius 1 is 1.19 bits per heavy atom. The molecule has 0 aliphatic rings. The van der Waals surface area contributed by atoms with Crippen molar-refractivity contribution in [2.24, 2.45) is 4.99 Å². The van der Waals surface area contributed by atoms with E-state index in [9.17, 15) is 0 Å². The predicted molar refractivity (Wildman–Crippen MR) is 64.5 cm³/mol. The van der Waals surface area contributed by atoms with Crippen LogP contribution in [0, 0.1) is 6.92 Å². The van der Waals surface area contributed by atoms with Crippen molar-refractivity contribution in [2.75, 3.05) is 0 Å². The highest BCUT2D eigenvalue weighted by atomic mass is 14.8. The number of aromatic nitrogens is 2. The zero-order valence-corrected chi connectivity index (χ0v) is 9.17. The second-order valence-electron chi connectivity index (χ2n) is 3.55. The van der Waals surface area contributed by atoms with Gasteiger partial charge in [-0.05, 0) is 36.8 Å². The van der Waals surface area contributed by atoms with Gasteiger partial charge in [0, 0.05) is 18.6 Å². The lowest BCUT2D eigenvalue weighted by atomic mass is 10.2. The van der Waals surface area contributed by atoms with Crippen molar-refractivity contribution < 1.29 is 0 Å². The number of rotatable bonds is 3. The zero-order valence-electron chi connectivity index (χ0n) is 9.17. The van der Waals surface area contributed by atoms with Gasteiger partial charge in [0.2, 0.25) is 0 Å². The third-order valence-corrected chi connectivity index (χ3v) is 2.14. The number of aliphatic imine (C=N–C) groups is 1. The lowest BCUT2D eigenvalue weighted by Gasteiger charge is -1.95. The molecule has 0 aliphatic carbocycles. The summed E-state index contributed by atoms with van der Waals surface area (Å²) in [7, 11) is 0. The molecule has 0 spiro atoms. The van der Waals surface area contributed by atoms with Crippen LogP contribution >= 0.6 is 0 Å². The molecule has 3 heteroatoms. The van der Waals surface area contributed by atoms with Crippen molar-refractivity contribution in [1.82, 2.24) is 9.97 Å². The van der Waals surface area contributed by atoms with Gasteiger partial charge < -0.3 is 0 Å². The standard InChI is InChI=1S/C13H13N3/c1-11-5-7-16-13(8-11)10-14-9-12-4-2-3-6-15-12/h2-8,10H,9H2,1H3. The first kappa shape index (κ1) is 10.5. The van der Waals surface area contributed by atoms with Crippen LogP contribution in [-0.4, -0.2) is 16.2 Å². The van der Waals surface area contributed by atoms with Gasteiger partial charge in [-0.25, -0.2) is 0 Å². The predicted octanol–water partition coefficient (Wildman–Crippen LogP) is 2.40. The summed E-state index contributed by atoms with van der Waals surface area (Å²) in [5.74, 6) is 0. The van der Waals surface area contributed by atoms with Gasteiger partial charge in [-0.2, -0.15) is 0 Å². The molecule has 0 fully saturated rings. The van der Waals surface area contributed by atoms with E-state index < -0.39 is 0 Å². The minimum atomic E-state index is 0.594. The summed E-state index contributed by atoms with van der Waals surface area (Å²) in [5, 5.41) is 0. The quantitative estimate of drug-likeness (QED) is 0.731. The Hall–Kier alpha value is -2.03. The second-order valence-corrected chi connectivity index (χ2v) is 3.55. The number of pyridine rings is 2. The first-order valence-corrected chi connectivity index (χ1v) is 5.17. The molecule has 0 unspecified atom stereocenters. The molecule has 0 saturated heterocycles. The monoisotopic (exact) mass is 211 g/mol. The van der Waals surface area contributed by atoms with Crippen LogP contribution in [0.2, 0.25) is 0 Å². The molecule has 2 aromatic heterocycles. The van der Waals surface area contributed by atoms with Gasteiger partial charge in [0.1, 0.15) is 0 Å². The SMILES string of the molecule is Cc1ccnc(C=NCc2ccccn2)c1. The van der Waals surface area contributed by atoms with Gasteiger partial charge in [0.15, 0.2) is 0 Å². The molecule has 0 aromatic carbocycles. The van der Waals surface area contributed by atoms with Gasteiger partial charge in [-0.15, -0.1) is 0 Å². The molecule has 0 radical (unpaired) electrons. The summed E-state index contributed by atoms with van der Waals surface area (Å²) in [6.07, 6.45) is 5.34. The third-order valence-electron chi connectivity index (χ3n) is 2.14. The largest absolute Gasteiger partial charge is 0.285 e. The Bertz CT molecular complexity index is 478. The number of nitrogens with zero attached hydrogens (tertiary/aromatic N) is 3. The summed E-state index contributed by atoms with van der Waals surface area (Å²) < 4.78 is 0. The first-order chi connectivity index (χ1) is 7.84. The summed E-state index contributed by atoms with van der Waals surface area (Å²) in [6.45, 7) is 2.63. The molecule has 0 amide bonds. The highest BCUT2D eigenvalue weighted by Crippen LogP contribution is 1.99. The molecular weight excluding hydrogens is 198 g/mol. The van der Waals surface area contributed by atoms with Crippen molar-refractivity contribution in [1.29, 1.82) is 0 Å². The van der Waals surface area contributed by atoms with Gasteiger partial charge in [0.05, 0.1) is 17.9 Å². The maximum Gasteiger partial charge on any atom is 0.0812 e. The van der Waals surface area contributed by atoms with E-state index in [2.05, 4.69) is 15.0 Å². The normalized spacial score (nSPS) is 10.8. The summed E-state index contributed by atoms with van der Waals surface area (Å²) in [4.78, 5) is 12.7. The Balaban J connectivity index is 2.00. The van der Waals surface area contributed by atoms with E-state index in [1.165, 1.54) is 5.56 Å². The average Bonchev–Trinajstić information content (AvgIpc) is 2.30. The van der Waals surface area contributed by atoms with Gasteiger partial charge in [-0.1, -0.05) is 6.07 Å². The Labute approximate surface area is 94.9 Å². The zero-order chi connectivity index (χ0) is 11.2. The fourth-order valence-corrected chi connectivity index (χ4v) is 1.35. The minimum Gasteiger partial charge on any atom is -0.285 e. The molecule has 2 heterocycles. The summed E-state index contributed by atoms with van der Waals surface area (Å²) >= 11 is 0. The van der Waals surface area contributed by atoms with Crippen LogP contribution in [0.25, 0.3) is 0 Å². The van der Waals surface area contributed by atoms with Crippen LogP contribution < -0.4 is 0 Å². The van der Waals surface area contributed by atoms with E-state index >= 15 is 0 Å². The second kappa shape index (κ2) is 5.16.